The number of benzene rings is 1. The molecule has 14 heteroatoms. The minimum Gasteiger partial charge on any atom is -0.422 e. The highest BCUT2D eigenvalue weighted by Crippen LogP contribution is 2.44. The molecule has 0 fully saturated rings. The number of phosphoric ester groups is 1. The molecule has 304 valence electrons. The van der Waals surface area contributed by atoms with E-state index in [-0.39, 0.29) is 37.7 Å². The molecule has 0 aliphatic carbocycles. The third-order valence-electron chi connectivity index (χ3n) is 9.82. The maximum absolute atomic E-state index is 14.1. The Balaban J connectivity index is 1.37. The Morgan fingerprint density at radius 1 is 0.855 bits per heavy atom. The van der Waals surface area contributed by atoms with E-state index in [4.69, 9.17) is 29.5 Å². The van der Waals surface area contributed by atoms with Gasteiger partial charge in [-0.2, -0.15) is 15.6 Å². The normalized spacial score (nSPS) is 13.6. The molecule has 0 spiro atoms. The zero-order valence-electron chi connectivity index (χ0n) is 32.7. The topological polar surface area (TPSA) is 178 Å². The van der Waals surface area contributed by atoms with Gasteiger partial charge in [-0.25, -0.2) is 18.5 Å². The van der Waals surface area contributed by atoms with Crippen LogP contribution in [0.25, 0.3) is 5.52 Å². The summed E-state index contributed by atoms with van der Waals surface area (Å²) in [6, 6.07) is 9.78. The number of nitrogens with two attached hydrogens (primary N) is 1. The van der Waals surface area contributed by atoms with Crippen molar-refractivity contribution >= 4 is 19.2 Å². The fraction of sp³-hybridized carbons (Fsp3) is 0.659. The van der Waals surface area contributed by atoms with E-state index in [9.17, 15) is 19.1 Å². The molecule has 0 aliphatic rings. The van der Waals surface area contributed by atoms with Crippen LogP contribution in [0, 0.1) is 34.6 Å². The molecule has 0 aliphatic heterocycles. The first-order chi connectivity index (χ1) is 26.7. The molecule has 1 aromatic carbocycles. The van der Waals surface area contributed by atoms with Crippen LogP contribution in [0.15, 0.2) is 36.7 Å². The minimum absolute atomic E-state index is 0.145. The summed E-state index contributed by atoms with van der Waals surface area (Å²) >= 11 is 0. The third-order valence-corrected chi connectivity index (χ3v) is 10.8. The standard InChI is InChI=1S/C41H62FN6O6P/c1-2-3-4-5-6-7-8-9-10-11-12-13-14-15-16-17-24-51-29-35(19-18-34-25-36(28-43)27-37(42)26-34)30-53-55(49,50)54-31-39(52-32-44)22-20-38-21-23-40-41(45)46-33-47-48(38)40/h21,23,25-27,33,35,39H,2-20,22,24,29-31H2,1H3,(H,49,50)(H2,45,46,47)/t35-,39+/m1/s1. The molecule has 0 bridgehead atoms. The number of aryl methyl sites for hydroxylation is 2. The Bertz CT molecular complexity index is 1650. The Morgan fingerprint density at radius 2 is 1.49 bits per heavy atom. The lowest BCUT2D eigenvalue weighted by atomic mass is 9.99. The summed E-state index contributed by atoms with van der Waals surface area (Å²) < 4.78 is 50.4. The maximum atomic E-state index is 14.1. The number of hydrogen-bond acceptors (Lipinski definition) is 10. The van der Waals surface area contributed by atoms with Crippen molar-refractivity contribution < 1.29 is 32.4 Å². The second-order valence-electron chi connectivity index (χ2n) is 14.4. The van der Waals surface area contributed by atoms with E-state index in [0.29, 0.717) is 42.8 Å². The number of unbranched alkanes of at least 4 members (excludes halogenated alkanes) is 15. The Hall–Kier alpha value is -3.58. The van der Waals surface area contributed by atoms with E-state index in [1.54, 1.807) is 22.9 Å². The van der Waals surface area contributed by atoms with E-state index in [0.717, 1.165) is 18.5 Å². The number of ether oxygens (including phenoxy) is 2. The van der Waals surface area contributed by atoms with Gasteiger partial charge in [0.05, 0.1) is 31.5 Å². The molecule has 3 rings (SSSR count). The number of aromatic nitrogens is 3. The predicted octanol–water partition coefficient (Wildman–Crippen LogP) is 9.78. The van der Waals surface area contributed by atoms with E-state index in [1.165, 1.54) is 108 Å². The second-order valence-corrected chi connectivity index (χ2v) is 15.9. The van der Waals surface area contributed by atoms with Gasteiger partial charge in [0.25, 0.3) is 6.26 Å². The highest BCUT2D eigenvalue weighted by Gasteiger charge is 2.26. The van der Waals surface area contributed by atoms with Crippen LogP contribution in [0.3, 0.4) is 0 Å². The SMILES string of the molecule is CCCCCCCCCCCCCCCCCCOC[C@@H](CCc1cc(F)cc(C#N)c1)COP(=O)(O)OC[C@H](CCc1ccc2c(N)ncnn12)OC#N. The van der Waals surface area contributed by atoms with E-state index in [1.807, 2.05) is 12.1 Å². The van der Waals surface area contributed by atoms with Gasteiger partial charge in [0.1, 0.15) is 23.8 Å². The number of nitriles is 2. The fourth-order valence-corrected chi connectivity index (χ4v) is 7.45. The average molecular weight is 785 g/mol. The molecule has 1 unspecified atom stereocenters. The van der Waals surface area contributed by atoms with E-state index in [2.05, 4.69) is 17.0 Å². The molecule has 0 amide bonds. The third kappa shape index (κ3) is 19.2. The van der Waals surface area contributed by atoms with Crippen LogP contribution in [-0.2, 0) is 35.9 Å². The monoisotopic (exact) mass is 784 g/mol. The predicted molar refractivity (Wildman–Crippen MR) is 211 cm³/mol. The highest BCUT2D eigenvalue weighted by molar-refractivity contribution is 7.47. The zero-order chi connectivity index (χ0) is 39.6. The maximum Gasteiger partial charge on any atom is 0.472 e. The zero-order valence-corrected chi connectivity index (χ0v) is 33.6. The summed E-state index contributed by atoms with van der Waals surface area (Å²) in [5, 5.41) is 22.6. The lowest BCUT2D eigenvalue weighted by Crippen LogP contribution is -2.21. The molecular weight excluding hydrogens is 722 g/mol. The lowest BCUT2D eigenvalue weighted by molar-refractivity contribution is 0.0428. The first-order valence-corrected chi connectivity index (χ1v) is 21.7. The summed E-state index contributed by atoms with van der Waals surface area (Å²) in [6.45, 7) is 2.59. The van der Waals surface area contributed by atoms with Crippen LogP contribution in [0.2, 0.25) is 0 Å². The number of phosphoric acid groups is 1. The summed E-state index contributed by atoms with van der Waals surface area (Å²) in [5.41, 5.74) is 8.22. The van der Waals surface area contributed by atoms with Crippen LogP contribution < -0.4 is 5.73 Å². The van der Waals surface area contributed by atoms with E-state index < -0.39 is 19.7 Å². The Morgan fingerprint density at radius 3 is 2.13 bits per heavy atom. The molecule has 2 heterocycles. The molecule has 0 saturated heterocycles. The highest BCUT2D eigenvalue weighted by atomic mass is 31.2. The molecular formula is C41H62FN6O6P. The van der Waals surface area contributed by atoms with Gasteiger partial charge >= 0.3 is 7.82 Å². The van der Waals surface area contributed by atoms with Gasteiger partial charge in [-0.05, 0) is 68.0 Å². The molecule has 0 radical (unpaired) electrons. The largest absolute Gasteiger partial charge is 0.472 e. The lowest BCUT2D eigenvalue weighted by Gasteiger charge is -2.21. The van der Waals surface area contributed by atoms with Crippen LogP contribution >= 0.6 is 7.82 Å². The van der Waals surface area contributed by atoms with Crippen LogP contribution in [0.1, 0.15) is 139 Å². The number of fused-ring (bicyclic) bond motifs is 1. The smallest absolute Gasteiger partial charge is 0.422 e. The Labute approximate surface area is 327 Å². The van der Waals surface area contributed by atoms with E-state index >= 15 is 0 Å². The van der Waals surface area contributed by atoms with Crippen molar-refractivity contribution in [1.82, 2.24) is 14.6 Å². The van der Waals surface area contributed by atoms with Crippen molar-refractivity contribution in [3.8, 4) is 12.3 Å². The molecule has 3 N–H and O–H groups in total. The van der Waals surface area contributed by atoms with Crippen LogP contribution in [0.5, 0.6) is 0 Å². The van der Waals surface area contributed by atoms with Crippen molar-refractivity contribution in [2.24, 2.45) is 5.92 Å². The van der Waals surface area contributed by atoms with Crippen LogP contribution in [0.4, 0.5) is 10.2 Å². The van der Waals surface area contributed by atoms with Crippen molar-refractivity contribution in [3.63, 3.8) is 0 Å². The number of anilines is 1. The van der Waals surface area contributed by atoms with Gasteiger partial charge in [0, 0.05) is 18.2 Å². The van der Waals surface area contributed by atoms with Crippen molar-refractivity contribution in [3.05, 3.63) is 59.3 Å². The van der Waals surface area contributed by atoms with Gasteiger partial charge < -0.3 is 20.1 Å². The summed E-state index contributed by atoms with van der Waals surface area (Å²) in [7, 11) is -4.54. The van der Waals surface area contributed by atoms with Crippen molar-refractivity contribution in [1.29, 1.82) is 10.5 Å². The minimum atomic E-state index is -4.54. The number of halogens is 1. The number of nitrogen functional groups attached to an aromatic ring is 1. The number of nitrogens with zero attached hydrogens (tertiary/aromatic N) is 5. The van der Waals surface area contributed by atoms with Crippen LogP contribution in [-0.4, -0.2) is 52.0 Å². The molecule has 12 nitrogen and oxygen atoms in total. The molecule has 3 aromatic rings. The quantitative estimate of drug-likeness (QED) is 0.0350. The van der Waals surface area contributed by atoms with Gasteiger partial charge in [-0.3, -0.25) is 9.05 Å². The van der Waals surface area contributed by atoms with Gasteiger partial charge in [-0.15, -0.1) is 0 Å². The summed E-state index contributed by atoms with van der Waals surface area (Å²) in [5.74, 6) is -0.465. The van der Waals surface area contributed by atoms with Crippen molar-refractivity contribution in [2.45, 2.75) is 141 Å². The molecule has 0 saturated carbocycles. The van der Waals surface area contributed by atoms with Gasteiger partial charge in [0.2, 0.25) is 0 Å². The summed E-state index contributed by atoms with van der Waals surface area (Å²) in [6.07, 6.45) is 24.4. The van der Waals surface area contributed by atoms with Gasteiger partial charge in [0.15, 0.2) is 5.82 Å². The fourth-order valence-electron chi connectivity index (χ4n) is 6.62. The molecule has 3 atom stereocenters. The summed E-state index contributed by atoms with van der Waals surface area (Å²) in [4.78, 5) is 14.5. The number of rotatable bonds is 32. The second kappa shape index (κ2) is 27.1. The van der Waals surface area contributed by atoms with Crippen molar-refractivity contribution in [2.75, 3.05) is 32.2 Å². The first-order valence-electron chi connectivity index (χ1n) is 20.3. The average Bonchev–Trinajstić information content (AvgIpc) is 3.60. The Kier molecular flexibility index (Phi) is 22.6. The first kappa shape index (κ1) is 45.8. The number of hydrogen-bond donors (Lipinski definition) is 2. The molecule has 55 heavy (non-hydrogen) atoms. The molecule has 2 aromatic heterocycles. The van der Waals surface area contributed by atoms with Gasteiger partial charge in [-0.1, -0.05) is 103 Å².